The molecule has 6 nitrogen and oxygen atoms in total. The zero-order chi connectivity index (χ0) is 17.5. The molecule has 0 aliphatic carbocycles. The van der Waals surface area contributed by atoms with Crippen LogP contribution in [0.25, 0.3) is 0 Å². The van der Waals surface area contributed by atoms with Gasteiger partial charge in [-0.3, -0.25) is 14.4 Å². The number of nitrogens with one attached hydrogen (secondary N) is 1. The standard InChI is InChI=1S/C17H18N2O4S/c1-11(23-15(20)9-8-14-3-2-10-24-14)17(22)19-13-6-4-12(5-7-13)16(18)21/h2-7,10-11H,8-9H2,1H3,(H2,18,21)(H,19,22)/t11-/m0/s1. The smallest absolute Gasteiger partial charge is 0.306 e. The van der Waals surface area contributed by atoms with E-state index in [0.29, 0.717) is 17.7 Å². The molecule has 1 heterocycles. The molecule has 0 spiro atoms. The molecular formula is C17H18N2O4S. The maximum atomic E-state index is 12.0. The van der Waals surface area contributed by atoms with E-state index in [1.165, 1.54) is 19.1 Å². The van der Waals surface area contributed by atoms with Gasteiger partial charge in [-0.15, -0.1) is 11.3 Å². The van der Waals surface area contributed by atoms with Gasteiger partial charge < -0.3 is 15.8 Å². The number of benzene rings is 1. The number of hydrogen-bond donors (Lipinski definition) is 2. The van der Waals surface area contributed by atoms with Gasteiger partial charge in [0.25, 0.3) is 5.91 Å². The first kappa shape index (κ1) is 17.7. The van der Waals surface area contributed by atoms with Crippen LogP contribution in [0.15, 0.2) is 41.8 Å². The normalized spacial score (nSPS) is 11.5. The van der Waals surface area contributed by atoms with E-state index in [9.17, 15) is 14.4 Å². The van der Waals surface area contributed by atoms with Crippen molar-refractivity contribution in [2.45, 2.75) is 25.9 Å². The summed E-state index contributed by atoms with van der Waals surface area (Å²) in [6.07, 6.45) is -0.0816. The predicted molar refractivity (Wildman–Crippen MR) is 91.8 cm³/mol. The highest BCUT2D eigenvalue weighted by atomic mass is 32.1. The molecule has 0 saturated heterocycles. The number of anilines is 1. The van der Waals surface area contributed by atoms with Gasteiger partial charge >= 0.3 is 5.97 Å². The number of ether oxygens (including phenoxy) is 1. The molecule has 0 fully saturated rings. The van der Waals surface area contributed by atoms with Gasteiger partial charge in [-0.2, -0.15) is 0 Å². The Morgan fingerprint density at radius 3 is 2.50 bits per heavy atom. The van der Waals surface area contributed by atoms with Crippen LogP contribution in [0, 0.1) is 0 Å². The molecule has 7 heteroatoms. The second kappa shape index (κ2) is 8.26. The van der Waals surface area contributed by atoms with E-state index < -0.39 is 23.9 Å². The van der Waals surface area contributed by atoms with Crippen LogP contribution < -0.4 is 11.1 Å². The second-order valence-corrected chi connectivity index (χ2v) is 6.17. The van der Waals surface area contributed by atoms with Crippen LogP contribution in [0.2, 0.25) is 0 Å². The lowest BCUT2D eigenvalue weighted by Gasteiger charge is -2.13. The highest BCUT2D eigenvalue weighted by Gasteiger charge is 2.18. The summed E-state index contributed by atoms with van der Waals surface area (Å²) < 4.78 is 5.12. The van der Waals surface area contributed by atoms with E-state index in [4.69, 9.17) is 10.5 Å². The fourth-order valence-electron chi connectivity index (χ4n) is 1.95. The lowest BCUT2D eigenvalue weighted by Crippen LogP contribution is -2.30. The fraction of sp³-hybridized carbons (Fsp3) is 0.235. The minimum absolute atomic E-state index is 0.228. The molecule has 0 aliphatic heterocycles. The summed E-state index contributed by atoms with van der Waals surface area (Å²) in [7, 11) is 0. The minimum atomic E-state index is -0.906. The fourth-order valence-corrected chi connectivity index (χ4v) is 2.66. The zero-order valence-corrected chi connectivity index (χ0v) is 14.0. The Bertz CT molecular complexity index is 711. The molecule has 1 aromatic carbocycles. The van der Waals surface area contributed by atoms with E-state index in [1.807, 2.05) is 17.5 Å². The van der Waals surface area contributed by atoms with Crippen LogP contribution in [0.1, 0.15) is 28.6 Å². The first-order chi connectivity index (χ1) is 11.5. The SMILES string of the molecule is C[C@H](OC(=O)CCc1cccs1)C(=O)Nc1ccc(C(N)=O)cc1. The van der Waals surface area contributed by atoms with Crippen molar-refractivity contribution in [3.8, 4) is 0 Å². The molecule has 0 radical (unpaired) electrons. The average molecular weight is 346 g/mol. The maximum absolute atomic E-state index is 12.0. The molecule has 0 aliphatic rings. The molecule has 0 bridgehead atoms. The third kappa shape index (κ3) is 5.20. The van der Waals surface area contributed by atoms with Gasteiger partial charge in [-0.1, -0.05) is 6.07 Å². The largest absolute Gasteiger partial charge is 0.453 e. The van der Waals surface area contributed by atoms with Gasteiger partial charge in [0.15, 0.2) is 6.10 Å². The Labute approximate surface area is 143 Å². The van der Waals surface area contributed by atoms with Crippen LogP contribution >= 0.6 is 11.3 Å². The number of primary amides is 1. The van der Waals surface area contributed by atoms with Crippen molar-refractivity contribution in [2.24, 2.45) is 5.73 Å². The first-order valence-electron chi connectivity index (χ1n) is 7.38. The van der Waals surface area contributed by atoms with E-state index in [0.717, 1.165) is 4.88 Å². The van der Waals surface area contributed by atoms with Crippen LogP contribution in [0.3, 0.4) is 0 Å². The highest BCUT2D eigenvalue weighted by Crippen LogP contribution is 2.13. The summed E-state index contributed by atoms with van der Waals surface area (Å²) in [4.78, 5) is 35.9. The van der Waals surface area contributed by atoms with Gasteiger partial charge in [-0.05, 0) is 49.1 Å². The second-order valence-electron chi connectivity index (χ2n) is 5.14. The quantitative estimate of drug-likeness (QED) is 0.752. The Morgan fingerprint density at radius 2 is 1.92 bits per heavy atom. The van der Waals surface area contributed by atoms with Crippen molar-refractivity contribution in [1.29, 1.82) is 0 Å². The van der Waals surface area contributed by atoms with Crippen LogP contribution in [-0.4, -0.2) is 23.9 Å². The summed E-state index contributed by atoms with van der Waals surface area (Å²) in [5.74, 6) is -1.40. The molecule has 3 N–H and O–H groups in total. The number of rotatable bonds is 7. The number of amides is 2. The van der Waals surface area contributed by atoms with Crippen molar-refractivity contribution < 1.29 is 19.1 Å². The molecular weight excluding hydrogens is 328 g/mol. The number of aryl methyl sites for hydroxylation is 1. The summed E-state index contributed by atoms with van der Waals surface area (Å²) in [5, 5.41) is 4.56. The Morgan fingerprint density at radius 1 is 1.21 bits per heavy atom. The third-order valence-corrected chi connectivity index (χ3v) is 4.21. The third-order valence-electron chi connectivity index (χ3n) is 3.27. The van der Waals surface area contributed by atoms with E-state index in [-0.39, 0.29) is 6.42 Å². The molecule has 0 saturated carbocycles. The summed E-state index contributed by atoms with van der Waals surface area (Å²) in [6, 6.07) is 10.0. The number of thiophene rings is 1. The monoisotopic (exact) mass is 346 g/mol. The van der Waals surface area contributed by atoms with Crippen molar-refractivity contribution in [3.05, 3.63) is 52.2 Å². The van der Waals surface area contributed by atoms with Gasteiger partial charge in [0.2, 0.25) is 5.91 Å². The van der Waals surface area contributed by atoms with Crippen molar-refractivity contribution in [1.82, 2.24) is 0 Å². The van der Waals surface area contributed by atoms with Gasteiger partial charge in [0.05, 0.1) is 6.42 Å². The predicted octanol–water partition coefficient (Wildman–Crippen LogP) is 2.35. The van der Waals surface area contributed by atoms with Crippen molar-refractivity contribution in [2.75, 3.05) is 5.32 Å². The van der Waals surface area contributed by atoms with Crippen molar-refractivity contribution in [3.63, 3.8) is 0 Å². The van der Waals surface area contributed by atoms with Gasteiger partial charge in [0, 0.05) is 16.1 Å². The molecule has 126 valence electrons. The summed E-state index contributed by atoms with van der Waals surface area (Å²) in [6.45, 7) is 1.51. The number of carbonyl (C=O) groups is 3. The molecule has 1 atom stereocenters. The molecule has 2 rings (SSSR count). The van der Waals surface area contributed by atoms with Crippen LogP contribution in [-0.2, 0) is 20.7 Å². The van der Waals surface area contributed by atoms with E-state index in [2.05, 4.69) is 5.32 Å². The molecule has 1 aromatic heterocycles. The lowest BCUT2D eigenvalue weighted by atomic mass is 10.2. The molecule has 2 amide bonds. The number of carbonyl (C=O) groups excluding carboxylic acids is 3. The number of hydrogen-bond acceptors (Lipinski definition) is 5. The summed E-state index contributed by atoms with van der Waals surface area (Å²) in [5.41, 5.74) is 5.99. The first-order valence-corrected chi connectivity index (χ1v) is 8.26. The number of esters is 1. The molecule has 2 aromatic rings. The van der Waals surface area contributed by atoms with Crippen LogP contribution in [0.4, 0.5) is 5.69 Å². The number of nitrogens with two attached hydrogens (primary N) is 1. The summed E-state index contributed by atoms with van der Waals surface area (Å²) >= 11 is 1.58. The lowest BCUT2D eigenvalue weighted by molar-refractivity contribution is -0.153. The zero-order valence-electron chi connectivity index (χ0n) is 13.2. The maximum Gasteiger partial charge on any atom is 0.306 e. The Hall–Kier alpha value is -2.67. The highest BCUT2D eigenvalue weighted by molar-refractivity contribution is 7.09. The Balaban J connectivity index is 1.80. The van der Waals surface area contributed by atoms with Crippen molar-refractivity contribution >= 4 is 34.8 Å². The van der Waals surface area contributed by atoms with Gasteiger partial charge in [0.1, 0.15) is 0 Å². The molecule has 24 heavy (non-hydrogen) atoms. The Kier molecular flexibility index (Phi) is 6.08. The van der Waals surface area contributed by atoms with Crippen LogP contribution in [0.5, 0.6) is 0 Å². The van der Waals surface area contributed by atoms with Gasteiger partial charge in [-0.25, -0.2) is 0 Å². The van der Waals surface area contributed by atoms with E-state index in [1.54, 1.807) is 23.5 Å². The topological polar surface area (TPSA) is 98.5 Å². The van der Waals surface area contributed by atoms with E-state index >= 15 is 0 Å². The average Bonchev–Trinajstić information content (AvgIpc) is 3.06. The minimum Gasteiger partial charge on any atom is -0.453 e. The molecule has 0 unspecified atom stereocenters.